The lowest BCUT2D eigenvalue weighted by molar-refractivity contribution is -0.0699. The number of morpholine rings is 1. The minimum Gasteiger partial charge on any atom is -0.492 e. The van der Waals surface area contributed by atoms with E-state index in [2.05, 4.69) is 18.7 Å². The van der Waals surface area contributed by atoms with E-state index in [0.717, 1.165) is 25.9 Å². The number of carbonyl (C=O) groups is 1. The maximum absolute atomic E-state index is 11.0. The molecule has 1 heterocycles. The molecule has 1 aromatic carbocycles. The van der Waals surface area contributed by atoms with E-state index in [4.69, 9.17) is 21.1 Å². The molecule has 1 aliphatic heterocycles. The first kappa shape index (κ1) is 18.2. The molecule has 21 heavy (non-hydrogen) atoms. The number of aldehydes is 1. The third-order valence-electron chi connectivity index (χ3n) is 3.26. The molecule has 118 valence electrons. The van der Waals surface area contributed by atoms with Crippen LogP contribution in [0.15, 0.2) is 18.2 Å². The van der Waals surface area contributed by atoms with Gasteiger partial charge in [0, 0.05) is 24.7 Å². The minimum atomic E-state index is 0. The predicted molar refractivity (Wildman–Crippen MR) is 86.0 cm³/mol. The van der Waals surface area contributed by atoms with Crippen LogP contribution in [0.2, 0.25) is 5.02 Å². The summed E-state index contributed by atoms with van der Waals surface area (Å²) in [5.41, 5.74) is 0.487. The molecule has 1 fully saturated rings. The van der Waals surface area contributed by atoms with Crippen LogP contribution in [0.5, 0.6) is 5.75 Å². The highest BCUT2D eigenvalue weighted by Crippen LogP contribution is 2.21. The molecule has 0 radical (unpaired) electrons. The van der Waals surface area contributed by atoms with E-state index in [1.54, 1.807) is 18.2 Å². The first-order valence-electron chi connectivity index (χ1n) is 6.84. The fraction of sp³-hybridized carbons (Fsp3) is 0.533. The Morgan fingerprint density at radius 3 is 2.67 bits per heavy atom. The Hall–Kier alpha value is -0.810. The van der Waals surface area contributed by atoms with Crippen molar-refractivity contribution in [3.8, 4) is 5.75 Å². The molecule has 0 N–H and O–H groups in total. The standard InChI is InChI=1S/C15H20ClNO3.ClH/c1-11-8-17(9-12(2)20-11)5-6-19-15-4-3-14(16)7-13(15)10-18;/h3-4,7,10-12H,5-6,8-9H2,1-2H3;1H. The smallest absolute Gasteiger partial charge is 0.153 e. The minimum absolute atomic E-state index is 0. The molecule has 1 aliphatic rings. The number of hydrogen-bond acceptors (Lipinski definition) is 4. The van der Waals surface area contributed by atoms with Gasteiger partial charge in [-0.1, -0.05) is 11.6 Å². The molecule has 1 aromatic rings. The van der Waals surface area contributed by atoms with Gasteiger partial charge in [-0.25, -0.2) is 0 Å². The lowest BCUT2D eigenvalue weighted by atomic mass is 10.2. The summed E-state index contributed by atoms with van der Waals surface area (Å²) in [7, 11) is 0. The summed E-state index contributed by atoms with van der Waals surface area (Å²) in [6, 6.07) is 5.07. The summed E-state index contributed by atoms with van der Waals surface area (Å²) in [6.07, 6.45) is 1.26. The molecule has 2 unspecified atom stereocenters. The molecule has 0 saturated carbocycles. The highest BCUT2D eigenvalue weighted by Gasteiger charge is 2.21. The van der Waals surface area contributed by atoms with E-state index in [1.165, 1.54) is 0 Å². The molecular weight excluding hydrogens is 313 g/mol. The van der Waals surface area contributed by atoms with Gasteiger partial charge in [0.2, 0.25) is 0 Å². The second kappa shape index (κ2) is 8.59. The van der Waals surface area contributed by atoms with Crippen molar-refractivity contribution in [1.82, 2.24) is 4.90 Å². The van der Waals surface area contributed by atoms with Gasteiger partial charge in [-0.3, -0.25) is 9.69 Å². The van der Waals surface area contributed by atoms with Crippen LogP contribution in [0.1, 0.15) is 24.2 Å². The first-order chi connectivity index (χ1) is 9.58. The van der Waals surface area contributed by atoms with Crippen molar-refractivity contribution in [3.63, 3.8) is 0 Å². The molecule has 4 nitrogen and oxygen atoms in total. The maximum Gasteiger partial charge on any atom is 0.153 e. The van der Waals surface area contributed by atoms with Gasteiger partial charge in [0.15, 0.2) is 6.29 Å². The molecule has 0 aromatic heterocycles. The number of halogens is 2. The zero-order chi connectivity index (χ0) is 14.5. The molecule has 1 saturated heterocycles. The molecule has 0 amide bonds. The van der Waals surface area contributed by atoms with E-state index in [1.807, 2.05) is 0 Å². The van der Waals surface area contributed by atoms with Crippen LogP contribution in [0.4, 0.5) is 0 Å². The largest absolute Gasteiger partial charge is 0.492 e. The highest BCUT2D eigenvalue weighted by molar-refractivity contribution is 6.30. The van der Waals surface area contributed by atoms with Crippen LogP contribution in [-0.4, -0.2) is 49.6 Å². The lowest BCUT2D eigenvalue weighted by Gasteiger charge is -2.35. The van der Waals surface area contributed by atoms with Crippen LogP contribution in [0.25, 0.3) is 0 Å². The van der Waals surface area contributed by atoms with Crippen molar-refractivity contribution in [2.24, 2.45) is 0 Å². The predicted octanol–water partition coefficient (Wildman–Crippen LogP) is 3.06. The third kappa shape index (κ3) is 5.47. The summed E-state index contributed by atoms with van der Waals surface area (Å²) in [5, 5.41) is 0.537. The Labute approximate surface area is 136 Å². The van der Waals surface area contributed by atoms with Crippen LogP contribution >= 0.6 is 24.0 Å². The van der Waals surface area contributed by atoms with Crippen LogP contribution < -0.4 is 4.74 Å². The molecule has 6 heteroatoms. The Balaban J connectivity index is 0.00000220. The summed E-state index contributed by atoms with van der Waals surface area (Å²) in [4.78, 5) is 13.3. The topological polar surface area (TPSA) is 38.8 Å². The Bertz CT molecular complexity index is 460. The van der Waals surface area contributed by atoms with Gasteiger partial charge in [0.05, 0.1) is 17.8 Å². The normalized spacial score (nSPS) is 22.4. The van der Waals surface area contributed by atoms with E-state index in [0.29, 0.717) is 22.9 Å². The Morgan fingerprint density at radius 2 is 2.05 bits per heavy atom. The van der Waals surface area contributed by atoms with Gasteiger partial charge in [0.25, 0.3) is 0 Å². The van der Waals surface area contributed by atoms with Gasteiger partial charge in [0.1, 0.15) is 12.4 Å². The van der Waals surface area contributed by atoms with Crippen molar-refractivity contribution in [2.45, 2.75) is 26.1 Å². The second-order valence-electron chi connectivity index (χ2n) is 5.17. The van der Waals surface area contributed by atoms with Gasteiger partial charge >= 0.3 is 0 Å². The number of ether oxygens (including phenoxy) is 2. The average Bonchev–Trinajstić information content (AvgIpc) is 2.39. The fourth-order valence-corrected chi connectivity index (χ4v) is 2.68. The SMILES string of the molecule is CC1CN(CCOc2ccc(Cl)cc2C=O)CC(C)O1.Cl. The monoisotopic (exact) mass is 333 g/mol. The van der Waals surface area contributed by atoms with Gasteiger partial charge < -0.3 is 9.47 Å². The third-order valence-corrected chi connectivity index (χ3v) is 3.49. The first-order valence-corrected chi connectivity index (χ1v) is 7.21. The fourth-order valence-electron chi connectivity index (χ4n) is 2.49. The summed E-state index contributed by atoms with van der Waals surface area (Å²) < 4.78 is 11.4. The van der Waals surface area contributed by atoms with Crippen molar-refractivity contribution in [3.05, 3.63) is 28.8 Å². The number of rotatable bonds is 5. The summed E-state index contributed by atoms with van der Waals surface area (Å²) >= 11 is 5.85. The molecular formula is C15H21Cl2NO3. The van der Waals surface area contributed by atoms with Crippen molar-refractivity contribution < 1.29 is 14.3 Å². The van der Waals surface area contributed by atoms with Crippen molar-refractivity contribution >= 4 is 30.3 Å². The maximum atomic E-state index is 11.0. The zero-order valence-corrected chi connectivity index (χ0v) is 13.8. The van der Waals surface area contributed by atoms with Gasteiger partial charge in [-0.2, -0.15) is 0 Å². The van der Waals surface area contributed by atoms with Crippen LogP contribution in [0.3, 0.4) is 0 Å². The van der Waals surface area contributed by atoms with E-state index >= 15 is 0 Å². The Morgan fingerprint density at radius 1 is 1.38 bits per heavy atom. The summed E-state index contributed by atoms with van der Waals surface area (Å²) in [5.74, 6) is 0.582. The molecule has 2 rings (SSSR count). The number of carbonyl (C=O) groups excluding carboxylic acids is 1. The van der Waals surface area contributed by atoms with E-state index < -0.39 is 0 Å². The van der Waals surface area contributed by atoms with Crippen LogP contribution in [0, 0.1) is 0 Å². The molecule has 0 spiro atoms. The molecule has 0 aliphatic carbocycles. The van der Waals surface area contributed by atoms with E-state index in [9.17, 15) is 4.79 Å². The number of benzene rings is 1. The van der Waals surface area contributed by atoms with E-state index in [-0.39, 0.29) is 24.6 Å². The van der Waals surface area contributed by atoms with Gasteiger partial charge in [-0.15, -0.1) is 12.4 Å². The number of hydrogen-bond donors (Lipinski definition) is 0. The summed E-state index contributed by atoms with van der Waals surface area (Å²) in [6.45, 7) is 7.34. The van der Waals surface area contributed by atoms with Crippen molar-refractivity contribution in [2.75, 3.05) is 26.2 Å². The van der Waals surface area contributed by atoms with Crippen LogP contribution in [-0.2, 0) is 4.74 Å². The highest BCUT2D eigenvalue weighted by atomic mass is 35.5. The zero-order valence-electron chi connectivity index (χ0n) is 12.3. The van der Waals surface area contributed by atoms with Gasteiger partial charge in [-0.05, 0) is 32.0 Å². The average molecular weight is 334 g/mol. The molecule has 2 atom stereocenters. The number of nitrogens with zero attached hydrogens (tertiary/aromatic N) is 1. The van der Waals surface area contributed by atoms with Crippen molar-refractivity contribution in [1.29, 1.82) is 0 Å². The molecule has 0 bridgehead atoms. The second-order valence-corrected chi connectivity index (χ2v) is 5.60. The Kier molecular flexibility index (Phi) is 7.46. The quantitative estimate of drug-likeness (QED) is 0.776. The lowest BCUT2D eigenvalue weighted by Crippen LogP contribution is -2.46.